The summed E-state index contributed by atoms with van der Waals surface area (Å²) in [5.41, 5.74) is 6.44. The molecule has 2 heterocycles. The highest BCUT2D eigenvalue weighted by Gasteiger charge is 2.14. The molecule has 1 N–H and O–H groups in total. The average molecular weight is 492 g/mol. The van der Waals surface area contributed by atoms with E-state index in [4.69, 9.17) is 11.6 Å². The maximum atomic E-state index is 12.9. The number of nitrogens with zero attached hydrogens (tertiary/aromatic N) is 2. The van der Waals surface area contributed by atoms with Crippen LogP contribution in [0.25, 0.3) is 22.0 Å². The van der Waals surface area contributed by atoms with E-state index < -0.39 is 0 Å². The number of halogens is 2. The maximum Gasteiger partial charge on any atom is 0.255 e. The summed E-state index contributed by atoms with van der Waals surface area (Å²) in [6.45, 7) is 5.30. The quantitative estimate of drug-likeness (QED) is 0.322. The van der Waals surface area contributed by atoms with Crippen molar-refractivity contribution in [1.29, 1.82) is 0 Å². The van der Waals surface area contributed by atoms with E-state index in [9.17, 15) is 4.79 Å². The molecular formula is C28H27Cl2N3O. The number of nitrogens with one attached hydrogen (secondary N) is 1. The number of carbonyl (C=O) groups is 1. The van der Waals surface area contributed by atoms with Gasteiger partial charge in [0.25, 0.3) is 5.91 Å². The zero-order chi connectivity index (χ0) is 22.8. The Morgan fingerprint density at radius 2 is 1.76 bits per heavy atom. The van der Waals surface area contributed by atoms with Crippen molar-refractivity contribution in [2.45, 2.75) is 26.3 Å². The van der Waals surface area contributed by atoms with Crippen molar-refractivity contribution >= 4 is 46.5 Å². The lowest BCUT2D eigenvalue weighted by molar-refractivity contribution is 0.102. The molecule has 1 amide bonds. The normalized spacial score (nSPS) is 13.6. The molecule has 0 aliphatic carbocycles. The molecule has 6 heteroatoms. The topological polar surface area (TPSA) is 45.2 Å². The fourth-order valence-electron chi connectivity index (χ4n) is 4.45. The third-order valence-electron chi connectivity index (χ3n) is 6.27. The minimum Gasteiger partial charge on any atom is -0.322 e. The second kappa shape index (κ2) is 10.6. The molecule has 1 saturated heterocycles. The Morgan fingerprint density at radius 1 is 1.03 bits per heavy atom. The van der Waals surface area contributed by atoms with Gasteiger partial charge in [-0.2, -0.15) is 0 Å². The lowest BCUT2D eigenvalue weighted by atomic mass is 10.0. The Hall–Kier alpha value is -2.92. The monoisotopic (exact) mass is 491 g/mol. The van der Waals surface area contributed by atoms with Gasteiger partial charge in [-0.3, -0.25) is 14.7 Å². The Balaban J connectivity index is 0.00000274. The van der Waals surface area contributed by atoms with Crippen molar-refractivity contribution in [3.05, 3.63) is 94.6 Å². The third kappa shape index (κ3) is 5.25. The molecule has 1 aromatic heterocycles. The number of rotatable bonds is 5. The van der Waals surface area contributed by atoms with Crippen LogP contribution in [-0.4, -0.2) is 28.9 Å². The van der Waals surface area contributed by atoms with Crippen LogP contribution in [0.5, 0.6) is 0 Å². The number of amides is 1. The summed E-state index contributed by atoms with van der Waals surface area (Å²) in [7, 11) is 0. The summed E-state index contributed by atoms with van der Waals surface area (Å²) in [6, 6.07) is 21.5. The first-order chi connectivity index (χ1) is 16.1. The first-order valence-electron chi connectivity index (χ1n) is 11.3. The molecule has 0 unspecified atom stereocenters. The van der Waals surface area contributed by atoms with E-state index in [-0.39, 0.29) is 18.3 Å². The molecule has 3 aromatic carbocycles. The van der Waals surface area contributed by atoms with Crippen molar-refractivity contribution in [1.82, 2.24) is 9.88 Å². The second-order valence-corrected chi connectivity index (χ2v) is 9.11. The highest BCUT2D eigenvalue weighted by molar-refractivity contribution is 6.33. The minimum absolute atomic E-state index is 0. The molecule has 1 aliphatic rings. The van der Waals surface area contributed by atoms with E-state index in [2.05, 4.69) is 27.3 Å². The van der Waals surface area contributed by atoms with E-state index in [0.29, 0.717) is 10.6 Å². The number of hydrogen-bond donors (Lipinski definition) is 1. The van der Waals surface area contributed by atoms with Crippen LogP contribution < -0.4 is 5.32 Å². The van der Waals surface area contributed by atoms with Crippen LogP contribution in [0.4, 0.5) is 5.69 Å². The number of fused-ring (bicyclic) bond motifs is 1. The van der Waals surface area contributed by atoms with E-state index in [0.717, 1.165) is 39.8 Å². The molecule has 0 bridgehead atoms. The summed E-state index contributed by atoms with van der Waals surface area (Å²) in [6.07, 6.45) is 4.52. The number of benzene rings is 3. The van der Waals surface area contributed by atoms with Crippen molar-refractivity contribution in [3.63, 3.8) is 0 Å². The molecule has 4 nitrogen and oxygen atoms in total. The molecule has 4 aromatic rings. The van der Waals surface area contributed by atoms with Gasteiger partial charge in [0, 0.05) is 40.0 Å². The van der Waals surface area contributed by atoms with Gasteiger partial charge in [0.2, 0.25) is 0 Å². The van der Waals surface area contributed by atoms with Crippen LogP contribution in [0, 0.1) is 6.92 Å². The van der Waals surface area contributed by atoms with E-state index in [1.807, 2.05) is 67.7 Å². The molecule has 0 atom stereocenters. The van der Waals surface area contributed by atoms with Crippen molar-refractivity contribution in [2.75, 3.05) is 18.4 Å². The standard InChI is InChI=1S/C28H26ClN3O.ClH/c1-19-14-23-15-20(18-32-12-4-5-13-32)17-30-27(23)16-26(19)31-28(33)22-10-8-21(9-11-22)24-6-2-3-7-25(24)29;/h2-3,6-11,14-17H,4-5,12-13,18H2,1H3,(H,31,33);1H. The van der Waals surface area contributed by atoms with Crippen LogP contribution >= 0.6 is 24.0 Å². The van der Waals surface area contributed by atoms with E-state index >= 15 is 0 Å². The van der Waals surface area contributed by atoms with Gasteiger partial charge in [0.1, 0.15) is 0 Å². The summed E-state index contributed by atoms with van der Waals surface area (Å²) in [5, 5.41) is 4.84. The van der Waals surface area contributed by atoms with Crippen LogP contribution in [0.3, 0.4) is 0 Å². The number of aryl methyl sites for hydroxylation is 1. The largest absolute Gasteiger partial charge is 0.322 e. The highest BCUT2D eigenvalue weighted by atomic mass is 35.5. The van der Waals surface area contributed by atoms with Gasteiger partial charge in [0.15, 0.2) is 0 Å². The Morgan fingerprint density at radius 3 is 2.50 bits per heavy atom. The molecule has 0 radical (unpaired) electrons. The summed E-state index contributed by atoms with van der Waals surface area (Å²) in [5.74, 6) is -0.145. The van der Waals surface area contributed by atoms with Crippen LogP contribution in [-0.2, 0) is 6.54 Å². The van der Waals surface area contributed by atoms with Gasteiger partial charge < -0.3 is 5.32 Å². The molecule has 0 spiro atoms. The Labute approximate surface area is 211 Å². The molecule has 174 valence electrons. The van der Waals surface area contributed by atoms with E-state index in [1.165, 1.54) is 31.5 Å². The number of carbonyl (C=O) groups excluding carboxylic acids is 1. The van der Waals surface area contributed by atoms with Crippen LogP contribution in [0.1, 0.15) is 34.3 Å². The smallest absolute Gasteiger partial charge is 0.255 e. The Kier molecular flexibility index (Phi) is 7.52. The SMILES string of the molecule is Cc1cc2cc(CN3CCCC3)cnc2cc1NC(=O)c1ccc(-c2ccccc2Cl)cc1.Cl. The van der Waals surface area contributed by atoms with Crippen molar-refractivity contribution in [3.8, 4) is 11.1 Å². The predicted molar refractivity (Wildman–Crippen MR) is 143 cm³/mol. The van der Waals surface area contributed by atoms with Gasteiger partial charge >= 0.3 is 0 Å². The zero-order valence-electron chi connectivity index (χ0n) is 19.1. The highest BCUT2D eigenvalue weighted by Crippen LogP contribution is 2.28. The lowest BCUT2D eigenvalue weighted by Crippen LogP contribution is -2.18. The number of aromatic nitrogens is 1. The molecule has 5 rings (SSSR count). The number of anilines is 1. The van der Waals surface area contributed by atoms with Crippen molar-refractivity contribution in [2.24, 2.45) is 0 Å². The molecular weight excluding hydrogens is 465 g/mol. The number of likely N-dealkylation sites (tertiary alicyclic amines) is 1. The van der Waals surface area contributed by atoms with Gasteiger partial charge in [-0.1, -0.05) is 41.9 Å². The van der Waals surface area contributed by atoms with Crippen LogP contribution in [0.2, 0.25) is 5.02 Å². The van der Waals surface area contributed by atoms with Gasteiger partial charge in [-0.05, 0) is 85.9 Å². The number of pyridine rings is 1. The fourth-order valence-corrected chi connectivity index (χ4v) is 4.69. The predicted octanol–water partition coefficient (Wildman–Crippen LogP) is 7.13. The third-order valence-corrected chi connectivity index (χ3v) is 6.60. The molecule has 1 fully saturated rings. The lowest BCUT2D eigenvalue weighted by Gasteiger charge is -2.15. The number of hydrogen-bond acceptors (Lipinski definition) is 3. The van der Waals surface area contributed by atoms with E-state index in [1.54, 1.807) is 0 Å². The average Bonchev–Trinajstić information content (AvgIpc) is 3.33. The molecule has 1 aliphatic heterocycles. The second-order valence-electron chi connectivity index (χ2n) is 8.70. The molecule has 34 heavy (non-hydrogen) atoms. The minimum atomic E-state index is -0.145. The summed E-state index contributed by atoms with van der Waals surface area (Å²) >= 11 is 6.30. The zero-order valence-corrected chi connectivity index (χ0v) is 20.6. The first-order valence-corrected chi connectivity index (χ1v) is 11.7. The first kappa shape index (κ1) is 24.2. The summed E-state index contributed by atoms with van der Waals surface area (Å²) < 4.78 is 0. The molecule has 0 saturated carbocycles. The van der Waals surface area contributed by atoms with Gasteiger partial charge in [0.05, 0.1) is 5.52 Å². The maximum absolute atomic E-state index is 12.9. The summed E-state index contributed by atoms with van der Waals surface area (Å²) in [4.78, 5) is 20.0. The van der Waals surface area contributed by atoms with Gasteiger partial charge in [-0.15, -0.1) is 12.4 Å². The van der Waals surface area contributed by atoms with Gasteiger partial charge in [-0.25, -0.2) is 0 Å². The Bertz CT molecular complexity index is 1320. The fraction of sp³-hybridized carbons (Fsp3) is 0.214. The van der Waals surface area contributed by atoms with Crippen LogP contribution in [0.15, 0.2) is 72.9 Å². The van der Waals surface area contributed by atoms with Crippen molar-refractivity contribution < 1.29 is 4.79 Å².